The second kappa shape index (κ2) is 5.26. The van der Waals surface area contributed by atoms with Gasteiger partial charge < -0.3 is 15.2 Å². The van der Waals surface area contributed by atoms with E-state index < -0.39 is 23.7 Å². The molecular formula is C13H14FNO4. The van der Waals surface area contributed by atoms with Crippen molar-refractivity contribution in [3.63, 3.8) is 0 Å². The minimum atomic E-state index is -1.06. The van der Waals surface area contributed by atoms with Crippen molar-refractivity contribution >= 4 is 11.9 Å². The summed E-state index contributed by atoms with van der Waals surface area (Å²) in [5, 5.41) is 11.4. The van der Waals surface area contributed by atoms with E-state index in [0.29, 0.717) is 0 Å². The fraction of sp³-hybridized carbons (Fsp3) is 0.385. The van der Waals surface area contributed by atoms with Crippen molar-refractivity contribution in [1.82, 2.24) is 5.32 Å². The number of aliphatic carboxylic acids is 1. The zero-order valence-electron chi connectivity index (χ0n) is 10.4. The van der Waals surface area contributed by atoms with Crippen LogP contribution < -0.4 is 10.1 Å². The molecule has 0 heterocycles. The van der Waals surface area contributed by atoms with Crippen LogP contribution in [0.1, 0.15) is 23.2 Å². The predicted octanol–water partition coefficient (Wildman–Crippen LogP) is 1.43. The summed E-state index contributed by atoms with van der Waals surface area (Å²) in [7, 11) is 1.33. The molecule has 1 aliphatic carbocycles. The van der Waals surface area contributed by atoms with Gasteiger partial charge in [0.05, 0.1) is 7.11 Å². The van der Waals surface area contributed by atoms with Crippen molar-refractivity contribution in [2.45, 2.75) is 18.9 Å². The third-order valence-electron chi connectivity index (χ3n) is 3.06. The number of ether oxygens (including phenoxy) is 1. The van der Waals surface area contributed by atoms with E-state index in [1.807, 2.05) is 0 Å². The summed E-state index contributed by atoms with van der Waals surface area (Å²) in [6.45, 7) is 0. The Morgan fingerprint density at radius 3 is 2.63 bits per heavy atom. The Kier molecular flexibility index (Phi) is 3.69. The summed E-state index contributed by atoms with van der Waals surface area (Å²) >= 11 is 0. The molecule has 19 heavy (non-hydrogen) atoms. The van der Waals surface area contributed by atoms with E-state index in [2.05, 4.69) is 5.32 Å². The van der Waals surface area contributed by atoms with Gasteiger partial charge in [0.15, 0.2) is 11.6 Å². The van der Waals surface area contributed by atoms with E-state index in [9.17, 15) is 14.0 Å². The number of methoxy groups -OCH3 is 1. The van der Waals surface area contributed by atoms with Crippen molar-refractivity contribution in [2.24, 2.45) is 5.92 Å². The zero-order valence-corrected chi connectivity index (χ0v) is 10.4. The maximum Gasteiger partial charge on any atom is 0.326 e. The largest absolute Gasteiger partial charge is 0.494 e. The predicted molar refractivity (Wildman–Crippen MR) is 64.6 cm³/mol. The van der Waals surface area contributed by atoms with Gasteiger partial charge in [-0.15, -0.1) is 0 Å². The van der Waals surface area contributed by atoms with E-state index in [0.717, 1.165) is 18.9 Å². The SMILES string of the molecule is COc1ccc(C(=O)N[C@@H](C(=O)O)C2CC2)cc1F. The lowest BCUT2D eigenvalue weighted by Crippen LogP contribution is -2.42. The maximum atomic E-state index is 13.5. The van der Waals surface area contributed by atoms with Gasteiger partial charge in [0.2, 0.25) is 0 Å². The van der Waals surface area contributed by atoms with Crippen LogP contribution in [0.5, 0.6) is 5.75 Å². The third kappa shape index (κ3) is 3.01. The molecule has 0 unspecified atom stereocenters. The Morgan fingerprint density at radius 2 is 2.16 bits per heavy atom. The molecule has 0 spiro atoms. The molecule has 5 nitrogen and oxygen atoms in total. The van der Waals surface area contributed by atoms with Gasteiger partial charge in [0, 0.05) is 5.56 Å². The van der Waals surface area contributed by atoms with E-state index in [4.69, 9.17) is 9.84 Å². The van der Waals surface area contributed by atoms with E-state index >= 15 is 0 Å². The van der Waals surface area contributed by atoms with Crippen LogP contribution in [-0.4, -0.2) is 30.1 Å². The lowest BCUT2D eigenvalue weighted by atomic mass is 10.1. The molecule has 1 amide bonds. The molecule has 1 aromatic rings. The van der Waals surface area contributed by atoms with Crippen LogP contribution >= 0.6 is 0 Å². The van der Waals surface area contributed by atoms with Crippen LogP contribution in [0.15, 0.2) is 18.2 Å². The number of halogens is 1. The van der Waals surface area contributed by atoms with Gasteiger partial charge in [-0.25, -0.2) is 9.18 Å². The van der Waals surface area contributed by atoms with Gasteiger partial charge in [0.1, 0.15) is 6.04 Å². The summed E-state index contributed by atoms with van der Waals surface area (Å²) in [4.78, 5) is 22.9. The number of rotatable bonds is 5. The molecule has 0 aromatic heterocycles. The average molecular weight is 267 g/mol. The van der Waals surface area contributed by atoms with Crippen LogP contribution in [0.3, 0.4) is 0 Å². The molecule has 0 aliphatic heterocycles. The van der Waals surface area contributed by atoms with E-state index in [1.54, 1.807) is 0 Å². The molecule has 1 aromatic carbocycles. The van der Waals surface area contributed by atoms with Crippen LogP contribution in [-0.2, 0) is 4.79 Å². The highest BCUT2D eigenvalue weighted by Gasteiger charge is 2.37. The quantitative estimate of drug-likeness (QED) is 0.846. The highest BCUT2D eigenvalue weighted by Crippen LogP contribution is 2.33. The van der Waals surface area contributed by atoms with Crippen molar-refractivity contribution in [1.29, 1.82) is 0 Å². The summed E-state index contributed by atoms with van der Waals surface area (Å²) in [5.41, 5.74) is 0.0743. The van der Waals surface area contributed by atoms with Crippen LogP contribution in [0, 0.1) is 11.7 Å². The molecule has 2 rings (SSSR count). The highest BCUT2D eigenvalue weighted by atomic mass is 19.1. The molecular weight excluding hydrogens is 253 g/mol. The molecule has 2 N–H and O–H groups in total. The van der Waals surface area contributed by atoms with Crippen molar-refractivity contribution in [3.05, 3.63) is 29.6 Å². The van der Waals surface area contributed by atoms with Gasteiger partial charge in [-0.05, 0) is 37.0 Å². The number of carbonyl (C=O) groups excluding carboxylic acids is 1. The molecule has 0 saturated heterocycles. The minimum Gasteiger partial charge on any atom is -0.494 e. The lowest BCUT2D eigenvalue weighted by Gasteiger charge is -2.13. The fourth-order valence-corrected chi connectivity index (χ4v) is 1.84. The van der Waals surface area contributed by atoms with E-state index in [1.165, 1.54) is 19.2 Å². The van der Waals surface area contributed by atoms with Gasteiger partial charge in [-0.3, -0.25) is 4.79 Å². The number of amides is 1. The Morgan fingerprint density at radius 1 is 1.47 bits per heavy atom. The summed E-state index contributed by atoms with van der Waals surface area (Å²) in [6, 6.07) is 2.85. The number of hydrogen-bond acceptors (Lipinski definition) is 3. The average Bonchev–Trinajstić information content (AvgIpc) is 3.19. The lowest BCUT2D eigenvalue weighted by molar-refractivity contribution is -0.139. The number of benzene rings is 1. The molecule has 1 atom stereocenters. The van der Waals surface area contributed by atoms with Gasteiger partial charge in [-0.2, -0.15) is 0 Å². The van der Waals surface area contributed by atoms with Gasteiger partial charge in [-0.1, -0.05) is 0 Å². The summed E-state index contributed by atoms with van der Waals surface area (Å²) < 4.78 is 18.2. The van der Waals surface area contributed by atoms with E-state index in [-0.39, 0.29) is 17.2 Å². The summed E-state index contributed by atoms with van der Waals surface area (Å²) in [5.74, 6) is -2.31. The number of carboxylic acids is 1. The first kappa shape index (κ1) is 13.3. The Labute approximate surface area is 109 Å². The normalized spacial score (nSPS) is 15.7. The van der Waals surface area contributed by atoms with Crippen LogP contribution in [0.25, 0.3) is 0 Å². The topological polar surface area (TPSA) is 75.6 Å². The highest BCUT2D eigenvalue weighted by molar-refractivity contribution is 5.96. The monoisotopic (exact) mass is 267 g/mol. The maximum absolute atomic E-state index is 13.5. The van der Waals surface area contributed by atoms with Crippen LogP contribution in [0.2, 0.25) is 0 Å². The summed E-state index contributed by atoms with van der Waals surface area (Å²) in [6.07, 6.45) is 1.57. The molecule has 6 heteroatoms. The fourth-order valence-electron chi connectivity index (χ4n) is 1.84. The van der Waals surface area contributed by atoms with Crippen LogP contribution in [0.4, 0.5) is 4.39 Å². The molecule has 0 radical (unpaired) electrons. The first-order chi connectivity index (χ1) is 9.02. The Hall–Kier alpha value is -2.11. The first-order valence-corrected chi connectivity index (χ1v) is 5.90. The van der Waals surface area contributed by atoms with Crippen molar-refractivity contribution in [3.8, 4) is 5.75 Å². The number of nitrogens with one attached hydrogen (secondary N) is 1. The second-order valence-electron chi connectivity index (χ2n) is 4.48. The molecule has 1 fully saturated rings. The third-order valence-corrected chi connectivity index (χ3v) is 3.06. The Balaban J connectivity index is 2.10. The molecule has 1 saturated carbocycles. The molecule has 0 bridgehead atoms. The first-order valence-electron chi connectivity index (χ1n) is 5.90. The number of carbonyl (C=O) groups is 2. The van der Waals surface area contributed by atoms with Gasteiger partial charge in [0.25, 0.3) is 5.91 Å². The minimum absolute atomic E-state index is 0.0236. The van der Waals surface area contributed by atoms with Gasteiger partial charge >= 0.3 is 5.97 Å². The van der Waals surface area contributed by atoms with Crippen molar-refractivity contribution < 1.29 is 23.8 Å². The smallest absolute Gasteiger partial charge is 0.326 e. The van der Waals surface area contributed by atoms with Crippen molar-refractivity contribution in [2.75, 3.05) is 7.11 Å². The number of carboxylic acid groups (broad SMARTS) is 1. The zero-order chi connectivity index (χ0) is 14.0. The second-order valence-corrected chi connectivity index (χ2v) is 4.48. The Bertz CT molecular complexity index is 513. The molecule has 102 valence electrons. The number of hydrogen-bond donors (Lipinski definition) is 2. The standard InChI is InChI=1S/C13H14FNO4/c1-19-10-5-4-8(6-9(10)14)12(16)15-11(13(17)18)7-2-3-7/h4-7,11H,2-3H2,1H3,(H,15,16)(H,17,18)/t11-/m1/s1. The molecule has 1 aliphatic rings.